The molecule has 0 aliphatic rings. The van der Waals surface area contributed by atoms with Crippen LogP contribution in [-0.2, 0) is 0 Å². The fraction of sp³-hybridized carbons (Fsp3) is 0. The summed E-state index contributed by atoms with van der Waals surface area (Å²) in [6.45, 7) is 0. The largest absolute Gasteiger partial charge is 0.455 e. The molecule has 2 nitrogen and oxygen atoms in total. The molecule has 0 saturated carbocycles. The standard InChI is InChI=1S/C50H31NOS/c1-2-12-32(13-3-1)38-30-31-44(48-42-18-6-8-22-45(42)52-49(38)48)51(43-21-10-15-35-25-24-33-14-4-5-16-37(33)47(35)43)36-28-26-34(27-29-36)39-19-11-20-41-40-17-7-9-23-46(40)53-50(39)41/h1-31H. The fourth-order valence-corrected chi connectivity index (χ4v) is 9.48. The van der Waals surface area contributed by atoms with Crippen LogP contribution < -0.4 is 4.90 Å². The highest BCUT2D eigenvalue weighted by Crippen LogP contribution is 2.49. The molecule has 0 aliphatic carbocycles. The van der Waals surface area contributed by atoms with Gasteiger partial charge in [0.1, 0.15) is 11.2 Å². The Morgan fingerprint density at radius 1 is 0.396 bits per heavy atom. The molecule has 11 aromatic rings. The van der Waals surface area contributed by atoms with Crippen LogP contribution in [0.5, 0.6) is 0 Å². The van der Waals surface area contributed by atoms with Gasteiger partial charge in [-0.25, -0.2) is 0 Å². The van der Waals surface area contributed by atoms with Crippen molar-refractivity contribution in [1.29, 1.82) is 0 Å². The first kappa shape index (κ1) is 30.0. The molecule has 53 heavy (non-hydrogen) atoms. The molecule has 0 amide bonds. The van der Waals surface area contributed by atoms with Gasteiger partial charge >= 0.3 is 0 Å². The highest BCUT2D eigenvalue weighted by molar-refractivity contribution is 7.26. The molecule has 2 heterocycles. The van der Waals surface area contributed by atoms with E-state index in [9.17, 15) is 0 Å². The van der Waals surface area contributed by atoms with Crippen LogP contribution in [0, 0.1) is 0 Å². The number of nitrogens with zero attached hydrogens (tertiary/aromatic N) is 1. The summed E-state index contributed by atoms with van der Waals surface area (Å²) < 4.78 is 9.41. The van der Waals surface area contributed by atoms with E-state index >= 15 is 0 Å². The third-order valence-corrected chi connectivity index (χ3v) is 11.9. The lowest BCUT2D eigenvalue weighted by Gasteiger charge is -2.28. The van der Waals surface area contributed by atoms with Crippen molar-refractivity contribution in [2.75, 3.05) is 4.90 Å². The Bertz CT molecular complexity index is 3170. The zero-order chi connectivity index (χ0) is 34.9. The Morgan fingerprint density at radius 3 is 1.94 bits per heavy atom. The zero-order valence-corrected chi connectivity index (χ0v) is 29.5. The average Bonchev–Trinajstić information content (AvgIpc) is 3.81. The number of furan rings is 1. The molecule has 11 rings (SSSR count). The molecule has 0 saturated heterocycles. The Morgan fingerprint density at radius 2 is 1.06 bits per heavy atom. The number of anilines is 3. The van der Waals surface area contributed by atoms with Gasteiger partial charge in [-0.15, -0.1) is 11.3 Å². The van der Waals surface area contributed by atoms with Gasteiger partial charge < -0.3 is 9.32 Å². The quantitative estimate of drug-likeness (QED) is 0.167. The maximum Gasteiger partial charge on any atom is 0.145 e. The second-order valence-corrected chi connectivity index (χ2v) is 14.7. The van der Waals surface area contributed by atoms with E-state index in [1.807, 2.05) is 11.3 Å². The number of thiophene rings is 1. The van der Waals surface area contributed by atoms with Crippen LogP contribution in [0.3, 0.4) is 0 Å². The van der Waals surface area contributed by atoms with Crippen LogP contribution in [0.1, 0.15) is 0 Å². The van der Waals surface area contributed by atoms with E-state index < -0.39 is 0 Å². The Labute approximate surface area is 310 Å². The topological polar surface area (TPSA) is 16.4 Å². The highest BCUT2D eigenvalue weighted by atomic mass is 32.1. The minimum atomic E-state index is 0.877. The van der Waals surface area contributed by atoms with Crippen molar-refractivity contribution in [2.24, 2.45) is 0 Å². The first-order valence-electron chi connectivity index (χ1n) is 18.0. The van der Waals surface area contributed by atoms with Crippen LogP contribution in [0.25, 0.3) is 85.9 Å². The molecule has 0 fully saturated rings. The normalized spacial score (nSPS) is 11.8. The lowest BCUT2D eigenvalue weighted by Crippen LogP contribution is -2.11. The van der Waals surface area contributed by atoms with Gasteiger partial charge in [-0.1, -0.05) is 146 Å². The van der Waals surface area contributed by atoms with E-state index in [2.05, 4.69) is 193 Å². The van der Waals surface area contributed by atoms with Gasteiger partial charge in [0.2, 0.25) is 0 Å². The van der Waals surface area contributed by atoms with Crippen LogP contribution >= 0.6 is 11.3 Å². The van der Waals surface area contributed by atoms with Crippen LogP contribution in [0.4, 0.5) is 17.1 Å². The number of rotatable bonds is 5. The number of hydrogen-bond acceptors (Lipinski definition) is 3. The number of fused-ring (bicyclic) bond motifs is 9. The van der Waals surface area contributed by atoms with Crippen LogP contribution in [-0.4, -0.2) is 0 Å². The molecule has 0 atom stereocenters. The highest BCUT2D eigenvalue weighted by Gasteiger charge is 2.24. The zero-order valence-electron chi connectivity index (χ0n) is 28.7. The predicted molar refractivity (Wildman–Crippen MR) is 227 cm³/mol. The third-order valence-electron chi connectivity index (χ3n) is 10.7. The maximum atomic E-state index is 6.78. The summed E-state index contributed by atoms with van der Waals surface area (Å²) in [6.07, 6.45) is 0. The minimum absolute atomic E-state index is 0.877. The fourth-order valence-electron chi connectivity index (χ4n) is 8.24. The SMILES string of the molecule is c1ccc(-c2ccc(N(c3ccc(-c4cccc5c4sc4ccccc45)cc3)c3cccc4ccc5ccccc5c34)c3c2oc2ccccc23)cc1. The second-order valence-electron chi connectivity index (χ2n) is 13.6. The number of benzene rings is 9. The molecule has 3 heteroatoms. The van der Waals surface area contributed by atoms with Gasteiger partial charge in [-0.05, 0) is 75.3 Å². The van der Waals surface area contributed by atoms with Gasteiger partial charge in [0, 0.05) is 42.2 Å². The van der Waals surface area contributed by atoms with Crippen LogP contribution in [0.2, 0.25) is 0 Å². The molecular formula is C50H31NOS. The van der Waals surface area contributed by atoms with Crippen molar-refractivity contribution in [3.8, 4) is 22.3 Å². The molecule has 0 aliphatic heterocycles. The Kier molecular flexibility index (Phi) is 6.76. The van der Waals surface area contributed by atoms with E-state index in [0.717, 1.165) is 50.1 Å². The molecule has 0 bridgehead atoms. The van der Waals surface area contributed by atoms with Crippen molar-refractivity contribution in [3.05, 3.63) is 188 Å². The summed E-state index contributed by atoms with van der Waals surface area (Å²) in [7, 11) is 0. The maximum absolute atomic E-state index is 6.78. The lowest BCUT2D eigenvalue weighted by atomic mass is 9.97. The van der Waals surface area contributed by atoms with E-state index in [4.69, 9.17) is 4.42 Å². The van der Waals surface area contributed by atoms with Crippen molar-refractivity contribution in [1.82, 2.24) is 0 Å². The van der Waals surface area contributed by atoms with E-state index in [-0.39, 0.29) is 0 Å². The first-order chi connectivity index (χ1) is 26.3. The summed E-state index contributed by atoms with van der Waals surface area (Å²) in [5.41, 5.74) is 9.71. The minimum Gasteiger partial charge on any atom is -0.455 e. The average molecular weight is 694 g/mol. The van der Waals surface area contributed by atoms with Crippen molar-refractivity contribution < 1.29 is 4.42 Å². The molecule has 0 unspecified atom stereocenters. The van der Waals surface area contributed by atoms with E-state index in [0.29, 0.717) is 0 Å². The molecule has 0 N–H and O–H groups in total. The van der Waals surface area contributed by atoms with Crippen molar-refractivity contribution in [3.63, 3.8) is 0 Å². The third kappa shape index (κ3) is 4.71. The predicted octanol–water partition coefficient (Wildman–Crippen LogP) is 15.1. The summed E-state index contributed by atoms with van der Waals surface area (Å²) in [5, 5.41) is 9.69. The lowest BCUT2D eigenvalue weighted by molar-refractivity contribution is 0.670. The number of para-hydroxylation sites is 1. The summed E-state index contributed by atoms with van der Waals surface area (Å²) >= 11 is 1.87. The van der Waals surface area contributed by atoms with E-state index in [1.165, 1.54) is 52.8 Å². The summed E-state index contributed by atoms with van der Waals surface area (Å²) in [4.78, 5) is 2.44. The van der Waals surface area contributed by atoms with Gasteiger partial charge in [0.05, 0.1) is 16.8 Å². The van der Waals surface area contributed by atoms with Crippen molar-refractivity contribution in [2.45, 2.75) is 0 Å². The first-order valence-corrected chi connectivity index (χ1v) is 18.8. The van der Waals surface area contributed by atoms with E-state index in [1.54, 1.807) is 0 Å². The molecule has 248 valence electrons. The van der Waals surface area contributed by atoms with Gasteiger partial charge in [0.25, 0.3) is 0 Å². The molecule has 0 spiro atoms. The number of hydrogen-bond donors (Lipinski definition) is 0. The Balaban J connectivity index is 1.19. The van der Waals surface area contributed by atoms with Crippen LogP contribution in [0.15, 0.2) is 192 Å². The molecule has 9 aromatic carbocycles. The molecular weight excluding hydrogens is 663 g/mol. The molecule has 2 aromatic heterocycles. The summed E-state index contributed by atoms with van der Waals surface area (Å²) in [5.74, 6) is 0. The monoisotopic (exact) mass is 693 g/mol. The smallest absolute Gasteiger partial charge is 0.145 e. The molecule has 0 radical (unpaired) electrons. The van der Waals surface area contributed by atoms with Gasteiger partial charge in [-0.3, -0.25) is 0 Å². The summed E-state index contributed by atoms with van der Waals surface area (Å²) in [6, 6.07) is 67.9. The second kappa shape index (κ2) is 11.9. The Hall–Kier alpha value is -6.68. The van der Waals surface area contributed by atoms with Gasteiger partial charge in [-0.2, -0.15) is 0 Å². The van der Waals surface area contributed by atoms with Crippen molar-refractivity contribution >= 4 is 92.1 Å². The van der Waals surface area contributed by atoms with Gasteiger partial charge in [0.15, 0.2) is 0 Å².